The first-order valence-corrected chi connectivity index (χ1v) is 6.24. The number of halogens is 1. The second-order valence-electron chi connectivity index (χ2n) is 5.10. The van der Waals surface area contributed by atoms with Crippen LogP contribution < -0.4 is 0 Å². The molecule has 0 saturated carbocycles. The van der Waals surface area contributed by atoms with Gasteiger partial charge in [0.05, 0.1) is 4.92 Å². The second kappa shape index (κ2) is 5.21. The van der Waals surface area contributed by atoms with Crippen LogP contribution in [-0.4, -0.2) is 22.6 Å². The van der Waals surface area contributed by atoms with Gasteiger partial charge in [0, 0.05) is 31.0 Å². The number of rotatable bonds is 2. The lowest BCUT2D eigenvalue weighted by molar-refractivity contribution is -0.385. The summed E-state index contributed by atoms with van der Waals surface area (Å²) in [6, 6.07) is 1.90. The fourth-order valence-electron chi connectivity index (χ4n) is 1.98. The molecule has 2 rings (SSSR count). The van der Waals surface area contributed by atoms with E-state index in [4.69, 9.17) is 9.47 Å². The van der Waals surface area contributed by atoms with Crippen molar-refractivity contribution in [3.63, 3.8) is 0 Å². The zero-order valence-corrected chi connectivity index (χ0v) is 12.0. The van der Waals surface area contributed by atoms with E-state index >= 15 is 0 Å². The monoisotopic (exact) mass is 309 g/mol. The highest BCUT2D eigenvalue weighted by Crippen LogP contribution is 2.29. The Bertz CT molecular complexity index is 700. The number of carbonyl (C=O) groups is 2. The first-order valence-electron chi connectivity index (χ1n) is 6.24. The summed E-state index contributed by atoms with van der Waals surface area (Å²) in [5, 5.41) is 10.9. The second-order valence-corrected chi connectivity index (χ2v) is 5.10. The first-order chi connectivity index (χ1) is 10.1. The molecule has 0 N–H and O–H groups in total. The molecule has 22 heavy (non-hydrogen) atoms. The van der Waals surface area contributed by atoms with Gasteiger partial charge in [-0.3, -0.25) is 10.1 Å². The van der Waals surface area contributed by atoms with Crippen LogP contribution in [0.5, 0.6) is 0 Å². The maximum Gasteiger partial charge on any atom is 0.348 e. The lowest BCUT2D eigenvalue weighted by atomic mass is 10.0. The van der Waals surface area contributed by atoms with Crippen molar-refractivity contribution in [1.82, 2.24) is 0 Å². The van der Waals surface area contributed by atoms with Gasteiger partial charge in [0.15, 0.2) is 0 Å². The molecular weight excluding hydrogens is 297 g/mol. The molecule has 0 bridgehead atoms. The number of hydrogen-bond donors (Lipinski definition) is 0. The number of nitro groups is 1. The molecule has 1 aromatic carbocycles. The van der Waals surface area contributed by atoms with Crippen molar-refractivity contribution in [3.05, 3.63) is 44.8 Å². The summed E-state index contributed by atoms with van der Waals surface area (Å²) in [6.07, 6.45) is 0.900. The summed E-state index contributed by atoms with van der Waals surface area (Å²) in [5.41, 5.74) is -1.10. The Labute approximate surface area is 124 Å². The summed E-state index contributed by atoms with van der Waals surface area (Å²) in [6.45, 7) is 4.06. The zero-order chi connectivity index (χ0) is 16.7. The van der Waals surface area contributed by atoms with Gasteiger partial charge in [0.25, 0.3) is 11.5 Å². The number of nitrogens with zero attached hydrogens (tertiary/aromatic N) is 1. The molecule has 1 aromatic rings. The molecule has 116 valence electrons. The topological polar surface area (TPSA) is 95.7 Å². The lowest BCUT2D eigenvalue weighted by Gasteiger charge is -2.29. The highest BCUT2D eigenvalue weighted by atomic mass is 19.1. The van der Waals surface area contributed by atoms with E-state index in [1.165, 1.54) is 20.8 Å². The van der Waals surface area contributed by atoms with Crippen LogP contribution in [0.25, 0.3) is 6.08 Å². The minimum Gasteiger partial charge on any atom is -0.419 e. The van der Waals surface area contributed by atoms with E-state index in [2.05, 4.69) is 0 Å². The van der Waals surface area contributed by atoms with Crippen LogP contribution in [0.3, 0.4) is 0 Å². The molecule has 1 saturated heterocycles. The number of cyclic esters (lactones) is 2. The number of hydrogen-bond acceptors (Lipinski definition) is 6. The van der Waals surface area contributed by atoms with Crippen molar-refractivity contribution in [2.75, 3.05) is 0 Å². The third kappa shape index (κ3) is 2.80. The Morgan fingerprint density at radius 2 is 1.77 bits per heavy atom. The fraction of sp³-hybridized carbons (Fsp3) is 0.286. The van der Waals surface area contributed by atoms with Gasteiger partial charge in [0.2, 0.25) is 0 Å². The minimum atomic E-state index is -1.41. The van der Waals surface area contributed by atoms with Gasteiger partial charge in [-0.1, -0.05) is 0 Å². The van der Waals surface area contributed by atoms with Gasteiger partial charge >= 0.3 is 11.9 Å². The standard InChI is InChI=1S/C14H12FNO6/c1-7-8(10(15)4-5-11(7)16(19)20)6-9-12(17)21-14(2,3)22-13(9)18/h4-6H,1-3H3. The molecule has 0 amide bonds. The van der Waals surface area contributed by atoms with Crippen molar-refractivity contribution < 1.29 is 28.4 Å². The molecule has 1 heterocycles. The van der Waals surface area contributed by atoms with E-state index < -0.39 is 34.0 Å². The molecule has 0 spiro atoms. The average molecular weight is 309 g/mol. The number of benzene rings is 1. The van der Waals surface area contributed by atoms with Crippen molar-refractivity contribution in [3.8, 4) is 0 Å². The largest absolute Gasteiger partial charge is 0.419 e. The van der Waals surface area contributed by atoms with Crippen molar-refractivity contribution in [1.29, 1.82) is 0 Å². The molecular formula is C14H12FNO6. The maximum atomic E-state index is 13.9. The number of nitro benzene ring substituents is 1. The number of esters is 2. The third-order valence-electron chi connectivity index (χ3n) is 3.04. The van der Waals surface area contributed by atoms with Gasteiger partial charge in [-0.25, -0.2) is 14.0 Å². The summed E-state index contributed by atoms with van der Waals surface area (Å²) >= 11 is 0. The normalized spacial score (nSPS) is 16.8. The van der Waals surface area contributed by atoms with Gasteiger partial charge < -0.3 is 9.47 Å². The minimum absolute atomic E-state index is 0.0112. The van der Waals surface area contributed by atoms with E-state index in [9.17, 15) is 24.1 Å². The van der Waals surface area contributed by atoms with Crippen LogP contribution >= 0.6 is 0 Å². The van der Waals surface area contributed by atoms with E-state index in [1.54, 1.807) is 0 Å². The smallest absolute Gasteiger partial charge is 0.348 e. The Hall–Kier alpha value is -2.77. The van der Waals surface area contributed by atoms with Crippen LogP contribution in [0.4, 0.5) is 10.1 Å². The van der Waals surface area contributed by atoms with Crippen molar-refractivity contribution >= 4 is 23.7 Å². The summed E-state index contributed by atoms with van der Waals surface area (Å²) in [4.78, 5) is 33.8. The quantitative estimate of drug-likeness (QED) is 0.273. The van der Waals surface area contributed by atoms with Crippen LogP contribution in [0.2, 0.25) is 0 Å². The Morgan fingerprint density at radius 1 is 1.23 bits per heavy atom. The van der Waals surface area contributed by atoms with Crippen LogP contribution in [-0.2, 0) is 19.1 Å². The molecule has 1 fully saturated rings. The Balaban J connectivity index is 2.54. The maximum absolute atomic E-state index is 13.9. The molecule has 0 unspecified atom stereocenters. The number of ether oxygens (including phenoxy) is 2. The van der Waals surface area contributed by atoms with Gasteiger partial charge in [-0.2, -0.15) is 0 Å². The van der Waals surface area contributed by atoms with Gasteiger partial charge in [-0.15, -0.1) is 0 Å². The van der Waals surface area contributed by atoms with E-state index in [-0.39, 0.29) is 16.8 Å². The highest BCUT2D eigenvalue weighted by molar-refractivity contribution is 6.19. The molecule has 0 radical (unpaired) electrons. The van der Waals surface area contributed by atoms with Gasteiger partial charge in [-0.05, 0) is 19.1 Å². The average Bonchev–Trinajstić information content (AvgIpc) is 2.35. The Morgan fingerprint density at radius 3 is 2.27 bits per heavy atom. The first kappa shape index (κ1) is 15.6. The lowest BCUT2D eigenvalue weighted by Crippen LogP contribution is -2.41. The van der Waals surface area contributed by atoms with E-state index in [0.29, 0.717) is 0 Å². The van der Waals surface area contributed by atoms with Crippen molar-refractivity contribution in [2.24, 2.45) is 0 Å². The summed E-state index contributed by atoms with van der Waals surface area (Å²) in [7, 11) is 0. The predicted molar refractivity (Wildman–Crippen MR) is 72.0 cm³/mol. The molecule has 8 heteroatoms. The molecule has 0 atom stereocenters. The summed E-state index contributed by atoms with van der Waals surface area (Å²) in [5.74, 6) is -4.18. The predicted octanol–water partition coefficient (Wildman–Crippen LogP) is 2.26. The highest BCUT2D eigenvalue weighted by Gasteiger charge is 2.39. The summed E-state index contributed by atoms with van der Waals surface area (Å²) < 4.78 is 23.6. The third-order valence-corrected chi connectivity index (χ3v) is 3.04. The molecule has 1 aliphatic rings. The molecule has 0 aromatic heterocycles. The van der Waals surface area contributed by atoms with E-state index in [0.717, 1.165) is 18.2 Å². The molecule has 0 aliphatic carbocycles. The van der Waals surface area contributed by atoms with Crippen LogP contribution in [0.15, 0.2) is 17.7 Å². The molecule has 1 aliphatic heterocycles. The van der Waals surface area contributed by atoms with E-state index in [1.807, 2.05) is 0 Å². The zero-order valence-electron chi connectivity index (χ0n) is 12.0. The number of carbonyl (C=O) groups excluding carboxylic acids is 2. The van der Waals surface area contributed by atoms with Crippen molar-refractivity contribution in [2.45, 2.75) is 26.6 Å². The SMILES string of the molecule is Cc1c([N+](=O)[O-])ccc(F)c1C=C1C(=O)OC(C)(C)OC1=O. The Kier molecular flexibility index (Phi) is 3.70. The van der Waals surface area contributed by atoms with Crippen LogP contribution in [0.1, 0.15) is 25.0 Å². The van der Waals surface area contributed by atoms with Gasteiger partial charge in [0.1, 0.15) is 11.4 Å². The fourth-order valence-corrected chi connectivity index (χ4v) is 1.98. The van der Waals surface area contributed by atoms with Crippen LogP contribution in [0, 0.1) is 22.9 Å². The molecule has 7 nitrogen and oxygen atoms in total.